The normalized spacial score (nSPS) is 10.9. The van der Waals surface area contributed by atoms with Crippen molar-refractivity contribution >= 4 is 22.8 Å². The van der Waals surface area contributed by atoms with Gasteiger partial charge in [0, 0.05) is 11.1 Å². The Morgan fingerprint density at radius 3 is 2.94 bits per heavy atom. The molecule has 2 aromatic heterocycles. The molecule has 0 saturated carbocycles. The number of hydrogen-bond donors (Lipinski definition) is 2. The molecule has 90 valence electrons. The number of benzene rings is 1. The fourth-order valence-electron chi connectivity index (χ4n) is 1.71. The number of nitrogens with zero attached hydrogens (tertiary/aromatic N) is 2. The number of aromatic nitrogens is 3. The predicted octanol–water partition coefficient (Wildman–Crippen LogP) is 2.60. The van der Waals surface area contributed by atoms with Gasteiger partial charge in [-0.3, -0.25) is 0 Å². The van der Waals surface area contributed by atoms with Gasteiger partial charge < -0.3 is 10.1 Å². The minimum absolute atomic E-state index is 0.0720. The second-order valence-electron chi connectivity index (χ2n) is 3.79. The van der Waals surface area contributed by atoms with E-state index in [1.807, 2.05) is 36.4 Å². The first-order chi connectivity index (χ1) is 8.85. The Bertz CT molecular complexity index is 666. The van der Waals surface area contributed by atoms with Crippen LogP contribution in [0.2, 0.25) is 0 Å². The molecule has 3 aromatic rings. The van der Waals surface area contributed by atoms with Crippen molar-refractivity contribution in [2.75, 3.05) is 0 Å². The number of hydrogen-bond acceptors (Lipinski definition) is 4. The molecule has 0 bridgehead atoms. The number of fused-ring (bicyclic) bond motifs is 1. The second kappa shape index (κ2) is 4.80. The van der Waals surface area contributed by atoms with Crippen molar-refractivity contribution in [1.29, 1.82) is 0 Å². The molecule has 4 nitrogen and oxygen atoms in total. The summed E-state index contributed by atoms with van der Waals surface area (Å²) in [6, 6.07) is 11.8. The predicted molar refractivity (Wildman–Crippen MR) is 70.4 cm³/mol. The molecule has 0 fully saturated rings. The third kappa shape index (κ3) is 2.23. The summed E-state index contributed by atoms with van der Waals surface area (Å²) in [5, 5.41) is 9.99. The summed E-state index contributed by atoms with van der Waals surface area (Å²) >= 11 is 1.59. The van der Waals surface area contributed by atoms with E-state index in [0.717, 1.165) is 21.0 Å². The van der Waals surface area contributed by atoms with Crippen molar-refractivity contribution in [2.45, 2.75) is 16.5 Å². The van der Waals surface area contributed by atoms with Crippen LogP contribution in [-0.2, 0) is 6.61 Å². The zero-order chi connectivity index (χ0) is 12.4. The highest BCUT2D eigenvalue weighted by molar-refractivity contribution is 7.99. The first kappa shape index (κ1) is 11.3. The van der Waals surface area contributed by atoms with Crippen LogP contribution >= 0.6 is 11.8 Å². The SMILES string of the molecule is OCc1nc2cc(Sc3ccccn3)ccc2[nH]1. The molecule has 0 aliphatic carbocycles. The maximum absolute atomic E-state index is 9.03. The zero-order valence-corrected chi connectivity index (χ0v) is 10.3. The Kier molecular flexibility index (Phi) is 3.00. The molecule has 0 saturated heterocycles. The number of nitrogens with one attached hydrogen (secondary N) is 1. The Morgan fingerprint density at radius 1 is 1.22 bits per heavy atom. The van der Waals surface area contributed by atoms with Gasteiger partial charge in [0.1, 0.15) is 17.5 Å². The molecule has 2 heterocycles. The van der Waals surface area contributed by atoms with Gasteiger partial charge in [-0.15, -0.1) is 0 Å². The Balaban J connectivity index is 1.93. The topological polar surface area (TPSA) is 61.8 Å². The smallest absolute Gasteiger partial charge is 0.133 e. The van der Waals surface area contributed by atoms with Crippen LogP contribution in [0.1, 0.15) is 5.82 Å². The molecular weight excluding hydrogens is 246 g/mol. The van der Waals surface area contributed by atoms with Gasteiger partial charge in [0.2, 0.25) is 0 Å². The summed E-state index contributed by atoms with van der Waals surface area (Å²) in [5.74, 6) is 0.588. The highest BCUT2D eigenvalue weighted by atomic mass is 32.2. The van der Waals surface area contributed by atoms with Gasteiger partial charge >= 0.3 is 0 Å². The van der Waals surface area contributed by atoms with Gasteiger partial charge in [0.25, 0.3) is 0 Å². The van der Waals surface area contributed by atoms with E-state index in [9.17, 15) is 0 Å². The molecule has 0 spiro atoms. The van der Waals surface area contributed by atoms with Crippen molar-refractivity contribution in [3.05, 3.63) is 48.4 Å². The van der Waals surface area contributed by atoms with Crippen LogP contribution in [0.3, 0.4) is 0 Å². The number of aliphatic hydroxyl groups excluding tert-OH is 1. The highest BCUT2D eigenvalue weighted by Gasteiger charge is 2.04. The van der Waals surface area contributed by atoms with Crippen molar-refractivity contribution in [1.82, 2.24) is 15.0 Å². The first-order valence-electron chi connectivity index (χ1n) is 5.53. The quantitative estimate of drug-likeness (QED) is 0.757. The summed E-state index contributed by atoms with van der Waals surface area (Å²) < 4.78 is 0. The van der Waals surface area contributed by atoms with Crippen molar-refractivity contribution in [3.63, 3.8) is 0 Å². The lowest BCUT2D eigenvalue weighted by molar-refractivity contribution is 0.273. The lowest BCUT2D eigenvalue weighted by atomic mass is 10.3. The maximum atomic E-state index is 9.03. The van der Waals surface area contributed by atoms with Crippen LogP contribution in [0.15, 0.2) is 52.5 Å². The average molecular weight is 257 g/mol. The summed E-state index contributed by atoms with van der Waals surface area (Å²) in [4.78, 5) is 12.7. The number of H-pyrrole nitrogens is 1. The first-order valence-corrected chi connectivity index (χ1v) is 6.35. The van der Waals surface area contributed by atoms with Gasteiger partial charge in [-0.05, 0) is 30.3 Å². The summed E-state index contributed by atoms with van der Waals surface area (Å²) in [7, 11) is 0. The number of pyridine rings is 1. The van der Waals surface area contributed by atoms with E-state index in [-0.39, 0.29) is 6.61 Å². The fraction of sp³-hybridized carbons (Fsp3) is 0.0769. The monoisotopic (exact) mass is 257 g/mol. The molecule has 1 aromatic carbocycles. The highest BCUT2D eigenvalue weighted by Crippen LogP contribution is 2.27. The fourth-order valence-corrected chi connectivity index (χ4v) is 2.51. The molecule has 18 heavy (non-hydrogen) atoms. The molecular formula is C13H11N3OS. The van der Waals surface area contributed by atoms with Gasteiger partial charge in [-0.1, -0.05) is 17.8 Å². The summed E-state index contributed by atoms with van der Waals surface area (Å²) in [6.07, 6.45) is 1.78. The second-order valence-corrected chi connectivity index (χ2v) is 4.88. The Morgan fingerprint density at radius 2 is 2.17 bits per heavy atom. The van der Waals surface area contributed by atoms with E-state index < -0.39 is 0 Å². The molecule has 0 unspecified atom stereocenters. The van der Waals surface area contributed by atoms with Gasteiger partial charge in [0.05, 0.1) is 11.0 Å². The third-order valence-corrected chi connectivity index (χ3v) is 3.45. The zero-order valence-electron chi connectivity index (χ0n) is 9.50. The third-order valence-electron chi connectivity index (χ3n) is 2.51. The number of aromatic amines is 1. The van der Waals surface area contributed by atoms with Crippen molar-refractivity contribution in [3.8, 4) is 0 Å². The largest absolute Gasteiger partial charge is 0.388 e. The number of imidazole rings is 1. The Hall–Kier alpha value is -1.85. The van der Waals surface area contributed by atoms with Crippen LogP contribution in [0.4, 0.5) is 0 Å². The molecule has 5 heteroatoms. The maximum Gasteiger partial charge on any atom is 0.133 e. The van der Waals surface area contributed by atoms with Crippen molar-refractivity contribution < 1.29 is 5.11 Å². The molecule has 3 rings (SSSR count). The van der Waals surface area contributed by atoms with E-state index in [1.54, 1.807) is 18.0 Å². The minimum atomic E-state index is -0.0720. The van der Waals surface area contributed by atoms with E-state index >= 15 is 0 Å². The van der Waals surface area contributed by atoms with Gasteiger partial charge in [0.15, 0.2) is 0 Å². The standard InChI is InChI=1S/C13H11N3OS/c17-8-12-15-10-5-4-9(7-11(10)16-12)18-13-3-1-2-6-14-13/h1-7,17H,8H2,(H,15,16). The molecule has 0 aliphatic heterocycles. The van der Waals surface area contributed by atoms with E-state index in [2.05, 4.69) is 15.0 Å². The van der Waals surface area contributed by atoms with Gasteiger partial charge in [-0.2, -0.15) is 0 Å². The minimum Gasteiger partial charge on any atom is -0.388 e. The molecule has 0 aliphatic rings. The molecule has 0 radical (unpaired) electrons. The number of rotatable bonds is 3. The summed E-state index contributed by atoms with van der Waals surface area (Å²) in [6.45, 7) is -0.0720. The molecule has 0 atom stereocenters. The van der Waals surface area contributed by atoms with Crippen LogP contribution < -0.4 is 0 Å². The lowest BCUT2D eigenvalue weighted by Crippen LogP contribution is -1.83. The number of aliphatic hydroxyl groups is 1. The van der Waals surface area contributed by atoms with Crippen LogP contribution in [-0.4, -0.2) is 20.1 Å². The van der Waals surface area contributed by atoms with E-state index in [0.29, 0.717) is 5.82 Å². The summed E-state index contributed by atoms with van der Waals surface area (Å²) in [5.41, 5.74) is 1.80. The van der Waals surface area contributed by atoms with E-state index in [4.69, 9.17) is 5.11 Å². The molecule has 0 amide bonds. The van der Waals surface area contributed by atoms with Crippen LogP contribution in [0, 0.1) is 0 Å². The van der Waals surface area contributed by atoms with Crippen LogP contribution in [0.25, 0.3) is 11.0 Å². The van der Waals surface area contributed by atoms with Crippen LogP contribution in [0.5, 0.6) is 0 Å². The average Bonchev–Trinajstić information content (AvgIpc) is 2.82. The Labute approximate surface area is 108 Å². The van der Waals surface area contributed by atoms with Gasteiger partial charge in [-0.25, -0.2) is 9.97 Å². The molecule has 2 N–H and O–H groups in total. The van der Waals surface area contributed by atoms with E-state index in [1.165, 1.54) is 0 Å². The van der Waals surface area contributed by atoms with Crippen molar-refractivity contribution in [2.24, 2.45) is 0 Å². The lowest BCUT2D eigenvalue weighted by Gasteiger charge is -1.99.